The molecule has 7 heteroatoms. The molecule has 0 unspecified atom stereocenters. The van der Waals surface area contributed by atoms with Crippen molar-refractivity contribution in [1.82, 2.24) is 4.98 Å². The van der Waals surface area contributed by atoms with Crippen molar-refractivity contribution < 1.29 is 22.3 Å². The van der Waals surface area contributed by atoms with Crippen molar-refractivity contribution in [2.24, 2.45) is 5.92 Å². The Morgan fingerprint density at radius 1 is 1.14 bits per heavy atom. The highest BCUT2D eigenvalue weighted by atomic mass is 19.4. The molecule has 1 heterocycles. The number of nitrogens with one attached hydrogen (secondary N) is 1. The quantitative estimate of drug-likeness (QED) is 0.871. The molecule has 0 aliphatic heterocycles. The molecule has 0 saturated heterocycles. The number of oxazole rings is 1. The van der Waals surface area contributed by atoms with Crippen molar-refractivity contribution in [3.8, 4) is 17.1 Å². The third-order valence-corrected chi connectivity index (χ3v) is 2.09. The fraction of sp³-hybridized carbons (Fsp3) is 0.400. The van der Waals surface area contributed by atoms with Gasteiger partial charge >= 0.3 is 6.36 Å². The number of anilines is 1. The SMILES string of the molecule is CC(C)C.CNc1ncc(-c2ccc(OC(F)(F)F)cc2)o1. The predicted octanol–water partition coefficient (Wildman–Crippen LogP) is 4.94. The van der Waals surface area contributed by atoms with Gasteiger partial charge in [0.25, 0.3) is 6.01 Å². The molecule has 122 valence electrons. The molecule has 1 aromatic carbocycles. The highest BCUT2D eigenvalue weighted by Gasteiger charge is 2.30. The van der Waals surface area contributed by atoms with Crippen LogP contribution in [-0.4, -0.2) is 18.4 Å². The number of alkyl halides is 3. The molecule has 0 atom stereocenters. The Kier molecular flexibility index (Phi) is 6.27. The maximum absolute atomic E-state index is 12.0. The summed E-state index contributed by atoms with van der Waals surface area (Å²) >= 11 is 0. The molecule has 0 aliphatic rings. The Bertz CT molecular complexity index is 560. The minimum atomic E-state index is -4.69. The molecule has 0 saturated carbocycles. The number of rotatable bonds is 3. The number of hydrogen-bond donors (Lipinski definition) is 1. The van der Waals surface area contributed by atoms with Crippen molar-refractivity contribution in [3.05, 3.63) is 30.5 Å². The Labute approximate surface area is 127 Å². The molecule has 1 N–H and O–H groups in total. The lowest BCUT2D eigenvalue weighted by molar-refractivity contribution is -0.274. The summed E-state index contributed by atoms with van der Waals surface area (Å²) in [6, 6.07) is 5.68. The number of aromatic nitrogens is 1. The Balaban J connectivity index is 0.000000541. The third-order valence-electron chi connectivity index (χ3n) is 2.09. The van der Waals surface area contributed by atoms with Crippen LogP contribution in [0.15, 0.2) is 34.9 Å². The first-order valence-corrected chi connectivity index (χ1v) is 6.71. The molecule has 2 aromatic rings. The first kappa shape index (κ1) is 17.9. The van der Waals surface area contributed by atoms with Gasteiger partial charge in [0.1, 0.15) is 5.75 Å². The lowest BCUT2D eigenvalue weighted by atomic mass is 10.2. The van der Waals surface area contributed by atoms with E-state index in [1.165, 1.54) is 30.5 Å². The summed E-state index contributed by atoms with van der Waals surface area (Å²) in [4.78, 5) is 3.90. The lowest BCUT2D eigenvalue weighted by Gasteiger charge is -2.08. The van der Waals surface area contributed by atoms with Crippen LogP contribution in [0.5, 0.6) is 5.75 Å². The summed E-state index contributed by atoms with van der Waals surface area (Å²) < 4.78 is 44.9. The maximum Gasteiger partial charge on any atom is 0.573 e. The van der Waals surface area contributed by atoms with Crippen molar-refractivity contribution in [1.29, 1.82) is 0 Å². The molecule has 22 heavy (non-hydrogen) atoms. The van der Waals surface area contributed by atoms with E-state index in [1.54, 1.807) is 7.05 Å². The summed E-state index contributed by atoms with van der Waals surface area (Å²) in [6.07, 6.45) is -3.21. The highest BCUT2D eigenvalue weighted by molar-refractivity contribution is 5.58. The Morgan fingerprint density at radius 2 is 1.68 bits per heavy atom. The minimum absolute atomic E-state index is 0.278. The van der Waals surface area contributed by atoms with Gasteiger partial charge in [-0.2, -0.15) is 0 Å². The summed E-state index contributed by atoms with van der Waals surface area (Å²) in [5, 5.41) is 2.71. The average molecular weight is 316 g/mol. The van der Waals surface area contributed by atoms with Crippen LogP contribution in [0.3, 0.4) is 0 Å². The number of hydrogen-bond acceptors (Lipinski definition) is 4. The van der Waals surface area contributed by atoms with E-state index >= 15 is 0 Å². The number of halogens is 3. The maximum atomic E-state index is 12.0. The second-order valence-corrected chi connectivity index (χ2v) is 5.08. The summed E-state index contributed by atoms with van der Waals surface area (Å²) in [5.41, 5.74) is 0.610. The van der Waals surface area contributed by atoms with E-state index in [1.807, 2.05) is 0 Å². The van der Waals surface area contributed by atoms with Crippen molar-refractivity contribution in [3.63, 3.8) is 0 Å². The van der Waals surface area contributed by atoms with E-state index in [-0.39, 0.29) is 5.75 Å². The van der Waals surface area contributed by atoms with E-state index < -0.39 is 6.36 Å². The van der Waals surface area contributed by atoms with E-state index in [0.717, 1.165) is 5.92 Å². The van der Waals surface area contributed by atoms with Gasteiger partial charge in [-0.3, -0.25) is 0 Å². The number of nitrogens with zero attached hydrogens (tertiary/aromatic N) is 1. The van der Waals surface area contributed by atoms with Crippen LogP contribution in [0.1, 0.15) is 20.8 Å². The summed E-state index contributed by atoms with van der Waals surface area (Å²) in [5.74, 6) is 1.01. The molecular weight excluding hydrogens is 297 g/mol. The first-order chi connectivity index (χ1) is 10.2. The zero-order chi connectivity index (χ0) is 16.8. The van der Waals surface area contributed by atoms with Crippen molar-refractivity contribution in [2.45, 2.75) is 27.1 Å². The molecule has 0 radical (unpaired) electrons. The second-order valence-electron chi connectivity index (χ2n) is 5.08. The van der Waals surface area contributed by atoms with E-state index in [2.05, 4.69) is 35.8 Å². The Hall–Kier alpha value is -2.18. The van der Waals surface area contributed by atoms with Gasteiger partial charge in [-0.05, 0) is 30.2 Å². The fourth-order valence-corrected chi connectivity index (χ4v) is 1.34. The van der Waals surface area contributed by atoms with Gasteiger partial charge in [-0.15, -0.1) is 13.2 Å². The highest BCUT2D eigenvalue weighted by Crippen LogP contribution is 2.27. The average Bonchev–Trinajstić information content (AvgIpc) is 2.86. The van der Waals surface area contributed by atoms with Crippen LogP contribution in [0, 0.1) is 5.92 Å². The first-order valence-electron chi connectivity index (χ1n) is 6.71. The van der Waals surface area contributed by atoms with E-state index in [4.69, 9.17) is 4.42 Å². The minimum Gasteiger partial charge on any atom is -0.424 e. The molecule has 0 bridgehead atoms. The fourth-order valence-electron chi connectivity index (χ4n) is 1.34. The molecule has 2 rings (SSSR count). The van der Waals surface area contributed by atoms with Gasteiger partial charge in [-0.25, -0.2) is 4.98 Å². The summed E-state index contributed by atoms with van der Waals surface area (Å²) in [7, 11) is 1.65. The molecule has 0 fully saturated rings. The van der Waals surface area contributed by atoms with Gasteiger partial charge in [-0.1, -0.05) is 20.8 Å². The number of ether oxygens (including phenoxy) is 1. The molecule has 0 aliphatic carbocycles. The normalized spacial score (nSPS) is 10.9. The monoisotopic (exact) mass is 316 g/mol. The molecule has 1 aromatic heterocycles. The van der Waals surface area contributed by atoms with Crippen LogP contribution in [-0.2, 0) is 0 Å². The van der Waals surface area contributed by atoms with Gasteiger partial charge < -0.3 is 14.5 Å². The molecule has 0 amide bonds. The van der Waals surface area contributed by atoms with Gasteiger partial charge in [0.15, 0.2) is 5.76 Å². The predicted molar refractivity (Wildman–Crippen MR) is 78.7 cm³/mol. The van der Waals surface area contributed by atoms with Crippen LogP contribution in [0.4, 0.5) is 19.2 Å². The van der Waals surface area contributed by atoms with Crippen LogP contribution in [0.2, 0.25) is 0 Å². The number of benzene rings is 1. The topological polar surface area (TPSA) is 47.3 Å². The zero-order valence-electron chi connectivity index (χ0n) is 12.9. The molecular formula is C15H19F3N2O2. The van der Waals surface area contributed by atoms with E-state index in [9.17, 15) is 13.2 Å². The van der Waals surface area contributed by atoms with Crippen molar-refractivity contribution >= 4 is 6.01 Å². The van der Waals surface area contributed by atoms with Gasteiger partial charge in [0.05, 0.1) is 6.20 Å². The van der Waals surface area contributed by atoms with Gasteiger partial charge in [0.2, 0.25) is 0 Å². The van der Waals surface area contributed by atoms with Gasteiger partial charge in [0, 0.05) is 12.6 Å². The van der Waals surface area contributed by atoms with Crippen LogP contribution < -0.4 is 10.1 Å². The Morgan fingerprint density at radius 3 is 2.09 bits per heavy atom. The molecule has 4 nitrogen and oxygen atoms in total. The standard InChI is InChI=1S/C11H9F3N2O2.C4H10/c1-15-10-16-6-9(17-10)7-2-4-8(5-3-7)18-11(12,13)14;1-4(2)3/h2-6H,1H3,(H,15,16);4H,1-3H3. The smallest absolute Gasteiger partial charge is 0.424 e. The second kappa shape index (κ2) is 7.72. The van der Waals surface area contributed by atoms with E-state index in [0.29, 0.717) is 17.3 Å². The summed E-state index contributed by atoms with van der Waals surface area (Å²) in [6.45, 7) is 6.50. The van der Waals surface area contributed by atoms with Crippen LogP contribution in [0.25, 0.3) is 11.3 Å². The van der Waals surface area contributed by atoms with Crippen molar-refractivity contribution in [2.75, 3.05) is 12.4 Å². The lowest BCUT2D eigenvalue weighted by Crippen LogP contribution is -2.16. The zero-order valence-corrected chi connectivity index (χ0v) is 12.9. The largest absolute Gasteiger partial charge is 0.573 e. The molecule has 0 spiro atoms. The van der Waals surface area contributed by atoms with Crippen LogP contribution >= 0.6 is 0 Å². The third kappa shape index (κ3) is 6.51.